The molecule has 0 spiro atoms. The first-order chi connectivity index (χ1) is 9.83. The molecule has 0 aliphatic carbocycles. The van der Waals surface area contributed by atoms with Crippen LogP contribution in [0.15, 0.2) is 17.1 Å². The van der Waals surface area contributed by atoms with Gasteiger partial charge in [0.2, 0.25) is 6.41 Å². The Morgan fingerprint density at radius 3 is 2.90 bits per heavy atom. The number of nitrogens with zero attached hydrogens (tertiary/aromatic N) is 1. The van der Waals surface area contributed by atoms with Crippen LogP contribution in [0.25, 0.3) is 0 Å². The van der Waals surface area contributed by atoms with Gasteiger partial charge in [0.1, 0.15) is 11.6 Å². The van der Waals surface area contributed by atoms with Crippen LogP contribution in [-0.4, -0.2) is 32.6 Å². The van der Waals surface area contributed by atoms with Gasteiger partial charge in [0.15, 0.2) is 0 Å². The predicted octanol–water partition coefficient (Wildman–Crippen LogP) is 1.92. The molecule has 0 radical (unpaired) electrons. The first-order valence-corrected chi connectivity index (χ1v) is 6.88. The average Bonchev–Trinajstić information content (AvgIpc) is 2.91. The molecule has 1 saturated heterocycles. The van der Waals surface area contributed by atoms with Crippen LogP contribution >= 0.6 is 0 Å². The Bertz CT molecular complexity index is 548. The normalized spacial score (nSPS) is 18.4. The molecule has 1 N–H and O–H groups in total. The minimum Gasteiger partial charge on any atom is -0.496 e. The first kappa shape index (κ1) is 13.1. The number of benzene rings is 1. The Morgan fingerprint density at radius 1 is 1.40 bits per heavy atom. The van der Waals surface area contributed by atoms with Gasteiger partial charge >= 0.3 is 0 Å². The molecule has 0 unspecified atom stereocenters. The summed E-state index contributed by atoms with van der Waals surface area (Å²) < 4.78 is 10.8. The van der Waals surface area contributed by atoms with Gasteiger partial charge in [-0.1, -0.05) is 6.07 Å². The fraction of sp³-hybridized carbons (Fsp3) is 0.467. The number of amides is 1. The Labute approximate surface area is 118 Å². The molecule has 5 nitrogen and oxygen atoms in total. The number of methoxy groups -OCH3 is 1. The maximum absolute atomic E-state index is 10.6. The van der Waals surface area contributed by atoms with Crippen molar-refractivity contribution in [1.82, 2.24) is 5.32 Å². The lowest BCUT2D eigenvalue weighted by molar-refractivity contribution is -0.108. The second kappa shape index (κ2) is 5.63. The Kier molecular flexibility index (Phi) is 3.69. The van der Waals surface area contributed by atoms with Crippen LogP contribution in [-0.2, 0) is 16.0 Å². The highest BCUT2D eigenvalue weighted by Gasteiger charge is 2.26. The zero-order valence-electron chi connectivity index (χ0n) is 11.5. The van der Waals surface area contributed by atoms with E-state index in [2.05, 4.69) is 16.4 Å². The number of nitrogens with one attached hydrogen (secondary N) is 1. The molecule has 106 valence electrons. The van der Waals surface area contributed by atoms with Crippen LogP contribution < -0.4 is 10.1 Å². The van der Waals surface area contributed by atoms with E-state index in [-0.39, 0.29) is 0 Å². The van der Waals surface area contributed by atoms with Gasteiger partial charge in [-0.3, -0.25) is 4.79 Å². The number of fused-ring (bicyclic) bond motifs is 1. The summed E-state index contributed by atoms with van der Waals surface area (Å²) in [5, 5.41) is 2.66. The molecule has 2 heterocycles. The number of ether oxygens (including phenoxy) is 2. The van der Waals surface area contributed by atoms with E-state index in [9.17, 15) is 4.79 Å². The number of carbonyl (C=O) groups is 1. The fourth-order valence-corrected chi connectivity index (χ4v) is 2.96. The van der Waals surface area contributed by atoms with Gasteiger partial charge in [-0.05, 0) is 30.4 Å². The van der Waals surface area contributed by atoms with E-state index < -0.39 is 0 Å². The highest BCUT2D eigenvalue weighted by molar-refractivity contribution is 5.99. The number of carbonyl (C=O) groups excluding carboxylic acids is 1. The number of rotatable bonds is 3. The van der Waals surface area contributed by atoms with Crippen molar-refractivity contribution in [3.63, 3.8) is 0 Å². The van der Waals surface area contributed by atoms with Gasteiger partial charge in [0.05, 0.1) is 12.8 Å². The zero-order valence-corrected chi connectivity index (χ0v) is 11.5. The van der Waals surface area contributed by atoms with Crippen molar-refractivity contribution in [2.75, 3.05) is 20.3 Å². The van der Waals surface area contributed by atoms with Crippen LogP contribution in [0.3, 0.4) is 0 Å². The molecule has 0 aromatic heterocycles. The molecule has 5 heteroatoms. The van der Waals surface area contributed by atoms with Gasteiger partial charge in [-0.25, -0.2) is 4.99 Å². The third-order valence-corrected chi connectivity index (χ3v) is 3.97. The molecule has 2 aliphatic rings. The summed E-state index contributed by atoms with van der Waals surface area (Å²) in [5.74, 6) is 2.00. The van der Waals surface area contributed by atoms with Crippen molar-refractivity contribution in [2.45, 2.75) is 25.2 Å². The summed E-state index contributed by atoms with van der Waals surface area (Å²) in [4.78, 5) is 15.2. The molecule has 1 fully saturated rings. The number of aliphatic imine (C=N–C) groups is 1. The van der Waals surface area contributed by atoms with E-state index in [1.807, 2.05) is 6.07 Å². The summed E-state index contributed by atoms with van der Waals surface area (Å²) in [7, 11) is 1.66. The fourth-order valence-electron chi connectivity index (χ4n) is 2.96. The molecule has 0 bridgehead atoms. The predicted molar refractivity (Wildman–Crippen MR) is 75.8 cm³/mol. The molecule has 0 saturated carbocycles. The lowest BCUT2D eigenvalue weighted by atomic mass is 9.89. The van der Waals surface area contributed by atoms with Gasteiger partial charge in [0.25, 0.3) is 0 Å². The SMILES string of the molecule is COc1ccc(C2CCOCC2)c2c1CC(NC=O)=N2. The average molecular weight is 274 g/mol. The molecule has 3 rings (SSSR count). The van der Waals surface area contributed by atoms with E-state index in [1.165, 1.54) is 5.56 Å². The van der Waals surface area contributed by atoms with E-state index in [4.69, 9.17) is 9.47 Å². The highest BCUT2D eigenvalue weighted by Crippen LogP contribution is 2.42. The molecule has 2 aliphatic heterocycles. The number of hydrogen-bond donors (Lipinski definition) is 1. The Hall–Kier alpha value is -1.88. The van der Waals surface area contributed by atoms with Gasteiger partial charge in [-0.2, -0.15) is 0 Å². The molecule has 0 atom stereocenters. The first-order valence-electron chi connectivity index (χ1n) is 6.88. The van der Waals surface area contributed by atoms with Crippen LogP contribution in [0.5, 0.6) is 5.75 Å². The van der Waals surface area contributed by atoms with Crippen molar-refractivity contribution >= 4 is 17.9 Å². The zero-order chi connectivity index (χ0) is 13.9. The van der Waals surface area contributed by atoms with E-state index in [0.717, 1.165) is 43.1 Å². The number of hydrogen-bond acceptors (Lipinski definition) is 4. The molecule has 1 aromatic carbocycles. The van der Waals surface area contributed by atoms with Crippen molar-refractivity contribution in [3.8, 4) is 5.75 Å². The largest absolute Gasteiger partial charge is 0.496 e. The Balaban J connectivity index is 1.99. The van der Waals surface area contributed by atoms with E-state index in [0.29, 0.717) is 24.6 Å². The van der Waals surface area contributed by atoms with Gasteiger partial charge in [-0.15, -0.1) is 0 Å². The number of amidine groups is 1. The topological polar surface area (TPSA) is 59.9 Å². The monoisotopic (exact) mass is 274 g/mol. The summed E-state index contributed by atoms with van der Waals surface area (Å²) in [6.07, 6.45) is 3.33. The molecular weight excluding hydrogens is 256 g/mol. The third kappa shape index (κ3) is 2.29. The minimum atomic E-state index is 0.475. The van der Waals surface area contributed by atoms with Crippen LogP contribution in [0.4, 0.5) is 5.69 Å². The van der Waals surface area contributed by atoms with Crippen LogP contribution in [0.1, 0.15) is 29.9 Å². The maximum atomic E-state index is 10.6. The summed E-state index contributed by atoms with van der Waals surface area (Å²) in [6.45, 7) is 1.60. The third-order valence-electron chi connectivity index (χ3n) is 3.97. The van der Waals surface area contributed by atoms with Gasteiger partial charge < -0.3 is 14.8 Å². The second-order valence-electron chi connectivity index (χ2n) is 5.07. The van der Waals surface area contributed by atoms with Crippen LogP contribution in [0.2, 0.25) is 0 Å². The highest BCUT2D eigenvalue weighted by atomic mass is 16.5. The lowest BCUT2D eigenvalue weighted by Crippen LogP contribution is -2.21. The summed E-state index contributed by atoms with van der Waals surface area (Å²) >= 11 is 0. The maximum Gasteiger partial charge on any atom is 0.212 e. The summed E-state index contributed by atoms with van der Waals surface area (Å²) in [5.41, 5.74) is 3.29. The Morgan fingerprint density at radius 2 is 2.20 bits per heavy atom. The van der Waals surface area contributed by atoms with Gasteiger partial charge in [0, 0.05) is 25.2 Å². The van der Waals surface area contributed by atoms with E-state index in [1.54, 1.807) is 7.11 Å². The molecule has 1 aromatic rings. The standard InChI is InChI=1S/C15H18N2O3/c1-19-13-3-2-11(10-4-6-20-7-5-10)15-12(13)8-14(17-15)16-9-18/h2-3,9-10H,4-8H2,1H3,(H,16,17,18). The smallest absolute Gasteiger partial charge is 0.212 e. The molecule has 1 amide bonds. The van der Waals surface area contributed by atoms with Crippen molar-refractivity contribution in [1.29, 1.82) is 0 Å². The second-order valence-corrected chi connectivity index (χ2v) is 5.07. The molecular formula is C15H18N2O3. The summed E-state index contributed by atoms with van der Waals surface area (Å²) in [6, 6.07) is 4.10. The van der Waals surface area contributed by atoms with Crippen molar-refractivity contribution in [3.05, 3.63) is 23.3 Å². The van der Waals surface area contributed by atoms with Crippen molar-refractivity contribution < 1.29 is 14.3 Å². The van der Waals surface area contributed by atoms with E-state index >= 15 is 0 Å². The molecule has 20 heavy (non-hydrogen) atoms. The van der Waals surface area contributed by atoms with Crippen LogP contribution in [0, 0.1) is 0 Å². The van der Waals surface area contributed by atoms with Crippen molar-refractivity contribution in [2.24, 2.45) is 4.99 Å². The lowest BCUT2D eigenvalue weighted by Gasteiger charge is -2.24. The minimum absolute atomic E-state index is 0.475. The quantitative estimate of drug-likeness (QED) is 0.857.